The average molecular weight is 270 g/mol. The molecule has 3 rings (SSSR count). The highest BCUT2D eigenvalue weighted by molar-refractivity contribution is 6.03. The molecule has 1 amide bonds. The Hall–Kier alpha value is -1.91. The molecule has 0 bridgehead atoms. The number of carbonyl (C=O) groups is 1. The van der Waals surface area contributed by atoms with Crippen LogP contribution in [0.4, 0.5) is 5.69 Å². The summed E-state index contributed by atoms with van der Waals surface area (Å²) in [5, 5.41) is 8.39. The van der Waals surface area contributed by atoms with Crippen molar-refractivity contribution in [2.24, 2.45) is 0 Å². The third-order valence-electron chi connectivity index (χ3n) is 3.79. The van der Waals surface area contributed by atoms with Crippen molar-refractivity contribution in [1.29, 1.82) is 0 Å². The van der Waals surface area contributed by atoms with Crippen molar-refractivity contribution in [3.63, 3.8) is 0 Å². The van der Waals surface area contributed by atoms with E-state index in [1.807, 2.05) is 42.5 Å². The predicted octanol–water partition coefficient (Wildman–Crippen LogP) is 2.16. The summed E-state index contributed by atoms with van der Waals surface area (Å²) in [6, 6.07) is 13.8. The highest BCUT2D eigenvalue weighted by Crippen LogP contribution is 2.23. The number of rotatable bonds is 3. The van der Waals surface area contributed by atoms with Gasteiger partial charge in [-0.15, -0.1) is 0 Å². The molecule has 1 aliphatic heterocycles. The molecule has 0 aromatic heterocycles. The summed E-state index contributed by atoms with van der Waals surface area (Å²) in [7, 11) is 1.68. The topological polar surface area (TPSA) is 50.4 Å². The van der Waals surface area contributed by atoms with Crippen molar-refractivity contribution in [2.75, 3.05) is 19.0 Å². The Balaban J connectivity index is 1.78. The van der Waals surface area contributed by atoms with E-state index in [9.17, 15) is 4.79 Å². The summed E-state index contributed by atoms with van der Waals surface area (Å²) in [6.45, 7) is 0.726. The maximum absolute atomic E-state index is 12.3. The second kappa shape index (κ2) is 5.61. The Morgan fingerprint density at radius 3 is 2.85 bits per heavy atom. The van der Waals surface area contributed by atoms with Crippen molar-refractivity contribution < 1.29 is 9.53 Å². The Bertz CT molecular complexity index is 621. The lowest BCUT2D eigenvalue weighted by molar-refractivity contribution is -0.117. The Morgan fingerprint density at radius 1 is 1.25 bits per heavy atom. The Morgan fingerprint density at radius 2 is 2.05 bits per heavy atom. The second-order valence-electron chi connectivity index (χ2n) is 5.07. The number of anilines is 1. The summed E-state index contributed by atoms with van der Waals surface area (Å²) < 4.78 is 5.27. The van der Waals surface area contributed by atoms with Crippen molar-refractivity contribution in [3.8, 4) is 0 Å². The lowest BCUT2D eigenvalue weighted by atomic mass is 10.1. The van der Waals surface area contributed by atoms with Gasteiger partial charge in [-0.3, -0.25) is 4.79 Å². The molecule has 104 valence electrons. The van der Waals surface area contributed by atoms with Crippen molar-refractivity contribution >= 4 is 22.4 Å². The van der Waals surface area contributed by atoms with Gasteiger partial charge in [0.25, 0.3) is 0 Å². The van der Waals surface area contributed by atoms with Crippen LogP contribution >= 0.6 is 0 Å². The SMILES string of the molecule is COC1CNC(C(=O)Nc2cccc3ccccc23)C1. The second-order valence-corrected chi connectivity index (χ2v) is 5.07. The fourth-order valence-electron chi connectivity index (χ4n) is 2.64. The molecule has 1 saturated heterocycles. The van der Waals surface area contributed by atoms with Gasteiger partial charge in [-0.1, -0.05) is 36.4 Å². The number of amides is 1. The number of hydrogen-bond donors (Lipinski definition) is 2. The van der Waals surface area contributed by atoms with E-state index >= 15 is 0 Å². The third kappa shape index (κ3) is 2.53. The number of ether oxygens (including phenoxy) is 1. The number of carbonyl (C=O) groups excluding carboxylic acids is 1. The van der Waals surface area contributed by atoms with Crippen LogP contribution in [0, 0.1) is 0 Å². The summed E-state index contributed by atoms with van der Waals surface area (Å²) >= 11 is 0. The first-order chi connectivity index (χ1) is 9.78. The molecule has 1 aliphatic rings. The molecule has 4 nitrogen and oxygen atoms in total. The monoisotopic (exact) mass is 270 g/mol. The summed E-state index contributed by atoms with van der Waals surface area (Å²) in [5.74, 6) is 0.000836. The van der Waals surface area contributed by atoms with Crippen LogP contribution in [-0.4, -0.2) is 31.7 Å². The number of hydrogen-bond acceptors (Lipinski definition) is 3. The summed E-state index contributed by atoms with van der Waals surface area (Å²) in [5.41, 5.74) is 0.857. The van der Waals surface area contributed by atoms with Crippen LogP contribution in [0.15, 0.2) is 42.5 Å². The van der Waals surface area contributed by atoms with Crippen LogP contribution in [0.5, 0.6) is 0 Å². The molecule has 0 radical (unpaired) electrons. The van der Waals surface area contributed by atoms with Crippen LogP contribution in [0.25, 0.3) is 10.8 Å². The number of nitrogens with one attached hydrogen (secondary N) is 2. The van der Waals surface area contributed by atoms with E-state index in [2.05, 4.69) is 10.6 Å². The van der Waals surface area contributed by atoms with E-state index in [1.165, 1.54) is 0 Å². The van der Waals surface area contributed by atoms with Gasteiger partial charge in [0.15, 0.2) is 0 Å². The molecule has 2 N–H and O–H groups in total. The minimum absolute atomic E-state index is 0.000836. The molecule has 4 heteroatoms. The fraction of sp³-hybridized carbons (Fsp3) is 0.312. The zero-order valence-electron chi connectivity index (χ0n) is 11.4. The van der Waals surface area contributed by atoms with E-state index in [1.54, 1.807) is 7.11 Å². The normalized spacial score (nSPS) is 22.1. The molecular weight excluding hydrogens is 252 g/mol. The molecule has 0 aliphatic carbocycles. The van der Waals surface area contributed by atoms with Gasteiger partial charge in [0.1, 0.15) is 0 Å². The van der Waals surface area contributed by atoms with E-state index in [0.717, 1.165) is 23.0 Å². The van der Waals surface area contributed by atoms with Gasteiger partial charge in [-0.05, 0) is 17.9 Å². The van der Waals surface area contributed by atoms with Crippen LogP contribution in [-0.2, 0) is 9.53 Å². The maximum atomic E-state index is 12.3. The molecule has 1 fully saturated rings. The van der Waals surface area contributed by atoms with Crippen molar-refractivity contribution in [2.45, 2.75) is 18.6 Å². The lowest BCUT2D eigenvalue weighted by Crippen LogP contribution is -2.35. The molecule has 2 aromatic rings. The zero-order valence-corrected chi connectivity index (χ0v) is 11.4. The van der Waals surface area contributed by atoms with Gasteiger partial charge in [0.2, 0.25) is 5.91 Å². The first-order valence-electron chi connectivity index (χ1n) is 6.83. The quantitative estimate of drug-likeness (QED) is 0.898. The zero-order chi connectivity index (χ0) is 13.9. The van der Waals surface area contributed by atoms with Crippen LogP contribution in [0.2, 0.25) is 0 Å². The molecule has 20 heavy (non-hydrogen) atoms. The number of benzene rings is 2. The molecule has 0 spiro atoms. The smallest absolute Gasteiger partial charge is 0.241 e. The van der Waals surface area contributed by atoms with E-state index in [0.29, 0.717) is 6.42 Å². The highest BCUT2D eigenvalue weighted by atomic mass is 16.5. The van der Waals surface area contributed by atoms with Gasteiger partial charge >= 0.3 is 0 Å². The number of methoxy groups -OCH3 is 1. The van der Waals surface area contributed by atoms with E-state index in [4.69, 9.17) is 4.74 Å². The molecule has 2 aromatic carbocycles. The predicted molar refractivity (Wildman–Crippen MR) is 79.8 cm³/mol. The van der Waals surface area contributed by atoms with Crippen LogP contribution in [0.1, 0.15) is 6.42 Å². The average Bonchev–Trinajstić information content (AvgIpc) is 2.97. The fourth-order valence-corrected chi connectivity index (χ4v) is 2.64. The molecular formula is C16H18N2O2. The molecule has 0 saturated carbocycles. The van der Waals surface area contributed by atoms with Gasteiger partial charge < -0.3 is 15.4 Å². The van der Waals surface area contributed by atoms with Crippen molar-refractivity contribution in [3.05, 3.63) is 42.5 Å². The Labute approximate surface area is 118 Å². The van der Waals surface area contributed by atoms with Gasteiger partial charge in [0.05, 0.1) is 12.1 Å². The van der Waals surface area contributed by atoms with Crippen molar-refractivity contribution in [1.82, 2.24) is 5.32 Å². The minimum Gasteiger partial charge on any atom is -0.380 e. The first-order valence-corrected chi connectivity index (χ1v) is 6.83. The van der Waals surface area contributed by atoms with Gasteiger partial charge in [0, 0.05) is 24.7 Å². The summed E-state index contributed by atoms with van der Waals surface area (Å²) in [6.07, 6.45) is 0.839. The lowest BCUT2D eigenvalue weighted by Gasteiger charge is -2.13. The minimum atomic E-state index is -0.182. The van der Waals surface area contributed by atoms with E-state index in [-0.39, 0.29) is 18.1 Å². The van der Waals surface area contributed by atoms with Gasteiger partial charge in [-0.2, -0.15) is 0 Å². The number of fused-ring (bicyclic) bond motifs is 1. The summed E-state index contributed by atoms with van der Waals surface area (Å²) in [4.78, 5) is 12.3. The molecule has 2 atom stereocenters. The maximum Gasteiger partial charge on any atom is 0.241 e. The van der Waals surface area contributed by atoms with Crippen LogP contribution < -0.4 is 10.6 Å². The Kier molecular flexibility index (Phi) is 3.67. The van der Waals surface area contributed by atoms with E-state index < -0.39 is 0 Å². The largest absolute Gasteiger partial charge is 0.380 e. The molecule has 1 heterocycles. The van der Waals surface area contributed by atoms with Crippen LogP contribution in [0.3, 0.4) is 0 Å². The standard InChI is InChI=1S/C16H18N2O2/c1-20-12-9-15(17-10-12)16(19)18-14-8-4-6-11-5-2-3-7-13(11)14/h2-8,12,15,17H,9-10H2,1H3,(H,18,19). The highest BCUT2D eigenvalue weighted by Gasteiger charge is 2.29. The third-order valence-corrected chi connectivity index (χ3v) is 3.79. The van der Waals surface area contributed by atoms with Gasteiger partial charge in [-0.25, -0.2) is 0 Å². The first kappa shape index (κ1) is 13.1. The molecule has 2 unspecified atom stereocenters.